The third kappa shape index (κ3) is 4.13. The van der Waals surface area contributed by atoms with Crippen LogP contribution in [-0.4, -0.2) is 11.6 Å². The molecule has 2 aromatic rings. The van der Waals surface area contributed by atoms with Crippen molar-refractivity contribution in [2.24, 2.45) is 5.92 Å². The molecule has 0 amide bonds. The van der Waals surface area contributed by atoms with Gasteiger partial charge < -0.3 is 0 Å². The number of hydrogen-bond acceptors (Lipinski definition) is 3. The van der Waals surface area contributed by atoms with Crippen LogP contribution in [0.2, 0.25) is 0 Å². The van der Waals surface area contributed by atoms with Crippen LogP contribution in [-0.2, 0) is 0 Å². The first-order valence-corrected chi connectivity index (χ1v) is 7.27. The van der Waals surface area contributed by atoms with Crippen molar-refractivity contribution in [3.05, 3.63) is 71.8 Å². The van der Waals surface area contributed by atoms with Gasteiger partial charge in [0.1, 0.15) is 0 Å². The van der Waals surface area contributed by atoms with Crippen LogP contribution in [0.3, 0.4) is 0 Å². The maximum atomic E-state index is 12.4. The molecule has 0 aromatic heterocycles. The van der Waals surface area contributed by atoms with Crippen LogP contribution >= 0.6 is 0 Å². The van der Waals surface area contributed by atoms with Crippen molar-refractivity contribution in [1.29, 1.82) is 5.26 Å². The summed E-state index contributed by atoms with van der Waals surface area (Å²) in [6.07, 6.45) is 0.805. The Kier molecular flexibility index (Phi) is 5.62. The quantitative estimate of drug-likeness (QED) is 0.723. The molecule has 2 aromatic carbocycles. The van der Waals surface area contributed by atoms with Crippen LogP contribution in [0.1, 0.15) is 40.0 Å². The van der Waals surface area contributed by atoms with Crippen LogP contribution < -0.4 is 0 Å². The maximum absolute atomic E-state index is 12.4. The number of nitrogens with zero attached hydrogens (tertiary/aromatic N) is 1. The molecule has 0 spiro atoms. The number of benzene rings is 2. The molecule has 0 radical (unpaired) electrons. The summed E-state index contributed by atoms with van der Waals surface area (Å²) in [4.78, 5) is 24.5. The summed E-state index contributed by atoms with van der Waals surface area (Å²) in [5, 5.41) is 8.93. The minimum absolute atomic E-state index is 0.00408. The molecule has 2 rings (SSSR count). The van der Waals surface area contributed by atoms with Crippen molar-refractivity contribution in [2.75, 3.05) is 0 Å². The minimum atomic E-state index is -0.430. The highest BCUT2D eigenvalue weighted by molar-refractivity contribution is 5.99. The van der Waals surface area contributed by atoms with Crippen LogP contribution in [0.15, 0.2) is 60.7 Å². The molecule has 0 N–H and O–H groups in total. The number of rotatable bonds is 7. The fourth-order valence-corrected chi connectivity index (χ4v) is 2.35. The normalized spacial score (nSPS) is 11.4. The summed E-state index contributed by atoms with van der Waals surface area (Å²) in [5.74, 6) is -0.493. The monoisotopic (exact) mass is 291 g/mol. The number of ketones is 2. The van der Waals surface area contributed by atoms with Crippen LogP contribution in [0.5, 0.6) is 0 Å². The molecule has 3 heteroatoms. The van der Waals surface area contributed by atoms with Crippen molar-refractivity contribution in [3.63, 3.8) is 0 Å². The highest BCUT2D eigenvalue weighted by atomic mass is 16.1. The lowest BCUT2D eigenvalue weighted by Crippen LogP contribution is -2.16. The number of carbonyl (C=O) groups is 2. The molecule has 0 fully saturated rings. The molecule has 0 heterocycles. The molecule has 0 aliphatic carbocycles. The molecule has 22 heavy (non-hydrogen) atoms. The third-order valence-corrected chi connectivity index (χ3v) is 3.58. The van der Waals surface area contributed by atoms with Gasteiger partial charge in [0.15, 0.2) is 11.6 Å². The lowest BCUT2D eigenvalue weighted by molar-refractivity contribution is 0.0898. The smallest absolute Gasteiger partial charge is 0.166 e. The van der Waals surface area contributed by atoms with Crippen LogP contribution in [0.4, 0.5) is 0 Å². The van der Waals surface area contributed by atoms with E-state index in [9.17, 15) is 9.59 Å². The minimum Gasteiger partial charge on any atom is -0.294 e. The van der Waals surface area contributed by atoms with E-state index in [1.54, 1.807) is 36.4 Å². The first kappa shape index (κ1) is 15.7. The second-order valence-corrected chi connectivity index (χ2v) is 5.12. The van der Waals surface area contributed by atoms with Gasteiger partial charge in [0.05, 0.1) is 6.07 Å². The zero-order valence-electron chi connectivity index (χ0n) is 12.2. The molecule has 1 atom stereocenters. The topological polar surface area (TPSA) is 57.9 Å². The second-order valence-electron chi connectivity index (χ2n) is 5.12. The summed E-state index contributed by atoms with van der Waals surface area (Å²) >= 11 is 0. The standard InChI is InChI=1S/C19H17NO2/c20-14-13-17(19(22)16-9-5-2-6-10-16)11-12-18(21)15-7-3-1-4-8-15/h1-10,17H,11-13H2/t17-/m0/s1. The predicted molar refractivity (Wildman–Crippen MR) is 84.5 cm³/mol. The van der Waals surface area contributed by atoms with E-state index < -0.39 is 5.92 Å². The Morgan fingerprint density at radius 2 is 1.45 bits per heavy atom. The Hall–Kier alpha value is -2.73. The van der Waals surface area contributed by atoms with Gasteiger partial charge in [0, 0.05) is 29.9 Å². The van der Waals surface area contributed by atoms with Crippen molar-refractivity contribution < 1.29 is 9.59 Å². The van der Waals surface area contributed by atoms with Crippen LogP contribution in [0.25, 0.3) is 0 Å². The van der Waals surface area contributed by atoms with Gasteiger partial charge in [-0.05, 0) is 6.42 Å². The highest BCUT2D eigenvalue weighted by Crippen LogP contribution is 2.19. The van der Waals surface area contributed by atoms with Crippen molar-refractivity contribution in [2.45, 2.75) is 19.3 Å². The molecule has 0 saturated carbocycles. The zero-order chi connectivity index (χ0) is 15.8. The fourth-order valence-electron chi connectivity index (χ4n) is 2.35. The SMILES string of the molecule is N#CC[C@H](CCC(=O)c1ccccc1)C(=O)c1ccccc1. The Balaban J connectivity index is 2.02. The molecule has 0 unspecified atom stereocenters. The van der Waals surface area contributed by atoms with Gasteiger partial charge in [0.25, 0.3) is 0 Å². The molecule has 0 aliphatic heterocycles. The van der Waals surface area contributed by atoms with Crippen molar-refractivity contribution >= 4 is 11.6 Å². The first-order chi connectivity index (χ1) is 10.7. The largest absolute Gasteiger partial charge is 0.294 e. The van der Waals surface area contributed by atoms with Crippen molar-refractivity contribution in [3.8, 4) is 6.07 Å². The Bertz CT molecular complexity index is 672. The number of Topliss-reactive ketones (excluding diaryl/α,β-unsaturated/α-hetero) is 2. The summed E-state index contributed by atoms with van der Waals surface area (Å²) in [6, 6.07) is 20.0. The van der Waals surface area contributed by atoms with E-state index in [-0.39, 0.29) is 24.4 Å². The predicted octanol–water partition coefficient (Wildman–Crippen LogP) is 4.06. The highest BCUT2D eigenvalue weighted by Gasteiger charge is 2.21. The third-order valence-electron chi connectivity index (χ3n) is 3.58. The lowest BCUT2D eigenvalue weighted by Gasteiger charge is -2.12. The fraction of sp³-hybridized carbons (Fsp3) is 0.211. The molecular formula is C19H17NO2. The molecule has 0 aliphatic rings. The van der Waals surface area contributed by atoms with E-state index in [4.69, 9.17) is 5.26 Å². The van der Waals surface area contributed by atoms with Gasteiger partial charge in [-0.3, -0.25) is 9.59 Å². The summed E-state index contributed by atoms with van der Waals surface area (Å²) in [7, 11) is 0. The summed E-state index contributed by atoms with van der Waals surface area (Å²) < 4.78 is 0. The van der Waals surface area contributed by atoms with E-state index >= 15 is 0 Å². The summed E-state index contributed by atoms with van der Waals surface area (Å²) in [5.41, 5.74) is 1.24. The summed E-state index contributed by atoms with van der Waals surface area (Å²) in [6.45, 7) is 0. The molecule has 110 valence electrons. The average molecular weight is 291 g/mol. The van der Waals surface area contributed by atoms with E-state index in [0.29, 0.717) is 17.5 Å². The van der Waals surface area contributed by atoms with E-state index in [0.717, 1.165) is 0 Å². The Labute approximate surface area is 130 Å². The van der Waals surface area contributed by atoms with Gasteiger partial charge in [0.2, 0.25) is 0 Å². The Morgan fingerprint density at radius 3 is 2.00 bits per heavy atom. The van der Waals surface area contributed by atoms with Crippen molar-refractivity contribution in [1.82, 2.24) is 0 Å². The second kappa shape index (κ2) is 7.90. The van der Waals surface area contributed by atoms with Gasteiger partial charge in [-0.25, -0.2) is 0 Å². The average Bonchev–Trinajstić information content (AvgIpc) is 2.59. The van der Waals surface area contributed by atoms with E-state index in [1.165, 1.54) is 0 Å². The maximum Gasteiger partial charge on any atom is 0.166 e. The number of carbonyl (C=O) groups excluding carboxylic acids is 2. The van der Waals surface area contributed by atoms with Gasteiger partial charge in [-0.15, -0.1) is 0 Å². The molecular weight excluding hydrogens is 274 g/mol. The first-order valence-electron chi connectivity index (χ1n) is 7.27. The van der Waals surface area contributed by atoms with E-state index in [1.807, 2.05) is 30.3 Å². The van der Waals surface area contributed by atoms with Gasteiger partial charge in [-0.1, -0.05) is 60.7 Å². The van der Waals surface area contributed by atoms with Gasteiger partial charge in [-0.2, -0.15) is 5.26 Å². The van der Waals surface area contributed by atoms with E-state index in [2.05, 4.69) is 0 Å². The number of hydrogen-bond donors (Lipinski definition) is 0. The van der Waals surface area contributed by atoms with Gasteiger partial charge >= 0.3 is 0 Å². The molecule has 0 bridgehead atoms. The molecule has 0 saturated heterocycles. The zero-order valence-corrected chi connectivity index (χ0v) is 12.2. The Morgan fingerprint density at radius 1 is 0.909 bits per heavy atom. The van der Waals surface area contributed by atoms with Crippen LogP contribution in [0, 0.1) is 17.2 Å². The lowest BCUT2D eigenvalue weighted by atomic mass is 9.89. The molecule has 3 nitrogen and oxygen atoms in total. The number of nitriles is 1.